The molecule has 2 aromatic carbocycles. The molecule has 0 bridgehead atoms. The summed E-state index contributed by atoms with van der Waals surface area (Å²) in [5.41, 5.74) is 5.19. The maximum absolute atomic E-state index is 13.5. The molecular formula is C29H38FN3O6. The summed E-state index contributed by atoms with van der Waals surface area (Å²) in [6, 6.07) is 13.2. The Morgan fingerprint density at radius 3 is 2.46 bits per heavy atom. The third-order valence-corrected chi connectivity index (χ3v) is 6.11. The van der Waals surface area contributed by atoms with Gasteiger partial charge in [-0.2, -0.15) is 0 Å². The molecule has 3 N–H and O–H groups in total. The molecule has 39 heavy (non-hydrogen) atoms. The van der Waals surface area contributed by atoms with E-state index in [1.165, 1.54) is 12.1 Å². The van der Waals surface area contributed by atoms with Gasteiger partial charge in [0.1, 0.15) is 23.3 Å². The lowest BCUT2D eigenvalue weighted by atomic mass is 9.88. The molecule has 2 aromatic rings. The number of esters is 1. The molecule has 0 spiro atoms. The molecule has 10 heteroatoms. The van der Waals surface area contributed by atoms with Gasteiger partial charge in [-0.25, -0.2) is 14.8 Å². The van der Waals surface area contributed by atoms with E-state index in [0.29, 0.717) is 37.3 Å². The van der Waals surface area contributed by atoms with E-state index in [4.69, 9.17) is 24.3 Å². The highest BCUT2D eigenvalue weighted by molar-refractivity contribution is 6.00. The molecule has 0 aliphatic carbocycles. The van der Waals surface area contributed by atoms with Crippen molar-refractivity contribution in [2.75, 3.05) is 19.8 Å². The molecule has 2 atom stereocenters. The third kappa shape index (κ3) is 8.76. The van der Waals surface area contributed by atoms with Crippen LogP contribution in [0.25, 0.3) is 0 Å². The molecule has 0 saturated heterocycles. The molecule has 1 aliphatic rings. The largest absolute Gasteiger partial charge is 0.494 e. The van der Waals surface area contributed by atoms with Gasteiger partial charge in [0, 0.05) is 31.6 Å². The van der Waals surface area contributed by atoms with Crippen molar-refractivity contribution in [2.24, 2.45) is 4.99 Å². The van der Waals surface area contributed by atoms with Crippen LogP contribution in [-0.2, 0) is 25.5 Å². The van der Waals surface area contributed by atoms with Crippen LogP contribution in [0.5, 0.6) is 5.75 Å². The molecular weight excluding hydrogens is 505 g/mol. The summed E-state index contributed by atoms with van der Waals surface area (Å²) in [6.45, 7) is 7.95. The van der Waals surface area contributed by atoms with Crippen LogP contribution in [0, 0.1) is 5.82 Å². The fourth-order valence-electron chi connectivity index (χ4n) is 4.05. The molecule has 3 rings (SSSR count). The topological polar surface area (TPSA) is 118 Å². The predicted molar refractivity (Wildman–Crippen MR) is 145 cm³/mol. The van der Waals surface area contributed by atoms with E-state index in [1.54, 1.807) is 64.1 Å². The van der Waals surface area contributed by atoms with Gasteiger partial charge in [0.15, 0.2) is 5.54 Å². The zero-order chi connectivity index (χ0) is 28.5. The number of amides is 1. The second-order valence-corrected chi connectivity index (χ2v) is 10.4. The van der Waals surface area contributed by atoms with Gasteiger partial charge in [-0.15, -0.1) is 0 Å². The van der Waals surface area contributed by atoms with Gasteiger partial charge >= 0.3 is 5.97 Å². The van der Waals surface area contributed by atoms with E-state index in [9.17, 15) is 14.0 Å². The molecule has 1 amide bonds. The first-order valence-corrected chi connectivity index (χ1v) is 13.1. The van der Waals surface area contributed by atoms with E-state index in [2.05, 4.69) is 10.9 Å². The summed E-state index contributed by atoms with van der Waals surface area (Å²) in [4.78, 5) is 30.7. The standard InChI is InChI=1S/C29H38FN3O6/c1-20-29(16-14-25(35)39-28(2,3)4,27(36)33-31-17-15-21-6-10-23(30)11-7-21)32-26(38-20)22-8-12-24(13-9-22)37-19-5-18-34/h6-13,20,31,34H,5,14-19H2,1-4H3,(H,33,36)/t20-,29-/m0/s1. The fraction of sp³-hybridized carbons (Fsp3) is 0.483. The second-order valence-electron chi connectivity index (χ2n) is 10.4. The van der Waals surface area contributed by atoms with Crippen molar-refractivity contribution in [3.63, 3.8) is 0 Å². The van der Waals surface area contributed by atoms with Crippen molar-refractivity contribution in [2.45, 2.75) is 70.6 Å². The summed E-state index contributed by atoms with van der Waals surface area (Å²) >= 11 is 0. The van der Waals surface area contributed by atoms with Crippen LogP contribution in [0.4, 0.5) is 4.39 Å². The van der Waals surface area contributed by atoms with E-state index in [1.807, 2.05) is 0 Å². The van der Waals surface area contributed by atoms with Crippen LogP contribution >= 0.6 is 0 Å². The first-order chi connectivity index (χ1) is 18.5. The van der Waals surface area contributed by atoms with Gasteiger partial charge in [0.2, 0.25) is 5.90 Å². The molecule has 0 unspecified atom stereocenters. The van der Waals surface area contributed by atoms with Crippen LogP contribution in [0.1, 0.15) is 58.1 Å². The Kier molecular flexibility index (Phi) is 10.4. The molecule has 1 aliphatic heterocycles. The molecule has 0 fully saturated rings. The SMILES string of the molecule is C[C@@H]1OC(c2ccc(OCCCO)cc2)=N[C@]1(CCC(=O)OC(C)(C)C)C(=O)NNCCc1ccc(F)cc1. The number of hydrazine groups is 1. The number of ether oxygens (including phenoxy) is 3. The van der Waals surface area contributed by atoms with Crippen LogP contribution < -0.4 is 15.6 Å². The second kappa shape index (κ2) is 13.5. The zero-order valence-electron chi connectivity index (χ0n) is 23.0. The molecule has 0 radical (unpaired) electrons. The number of carbonyl (C=O) groups is 2. The van der Waals surface area contributed by atoms with Crippen molar-refractivity contribution in [1.29, 1.82) is 0 Å². The number of halogens is 1. The third-order valence-electron chi connectivity index (χ3n) is 6.11. The average Bonchev–Trinajstić information content (AvgIpc) is 3.23. The Balaban J connectivity index is 1.73. The number of hydrogen-bond donors (Lipinski definition) is 3. The number of aliphatic hydroxyl groups excluding tert-OH is 1. The minimum Gasteiger partial charge on any atom is -0.494 e. The summed E-state index contributed by atoms with van der Waals surface area (Å²) in [7, 11) is 0. The quantitative estimate of drug-likeness (QED) is 0.201. The first kappa shape index (κ1) is 30.0. The number of hydrogen-bond acceptors (Lipinski definition) is 8. The first-order valence-electron chi connectivity index (χ1n) is 13.1. The maximum Gasteiger partial charge on any atom is 0.306 e. The van der Waals surface area contributed by atoms with Gasteiger partial charge < -0.3 is 19.3 Å². The zero-order valence-corrected chi connectivity index (χ0v) is 23.0. The van der Waals surface area contributed by atoms with Gasteiger partial charge in [-0.05, 0) is 82.5 Å². The van der Waals surface area contributed by atoms with Crippen LogP contribution in [0.2, 0.25) is 0 Å². The van der Waals surface area contributed by atoms with Gasteiger partial charge in [-0.1, -0.05) is 12.1 Å². The van der Waals surface area contributed by atoms with E-state index in [0.717, 1.165) is 5.56 Å². The lowest BCUT2D eigenvalue weighted by molar-refractivity contribution is -0.155. The number of nitrogens with one attached hydrogen (secondary N) is 2. The van der Waals surface area contributed by atoms with Crippen molar-refractivity contribution in [3.8, 4) is 5.75 Å². The Hall–Kier alpha value is -3.50. The molecule has 1 heterocycles. The van der Waals surface area contributed by atoms with Crippen molar-refractivity contribution in [3.05, 3.63) is 65.5 Å². The molecule has 212 valence electrons. The Bertz CT molecular complexity index is 1130. The number of aliphatic hydroxyl groups is 1. The number of carbonyl (C=O) groups excluding carboxylic acids is 2. The lowest BCUT2D eigenvalue weighted by Crippen LogP contribution is -2.55. The van der Waals surface area contributed by atoms with Crippen molar-refractivity contribution in [1.82, 2.24) is 10.9 Å². The number of benzene rings is 2. The van der Waals surface area contributed by atoms with Crippen LogP contribution in [-0.4, -0.2) is 59.9 Å². The Morgan fingerprint density at radius 2 is 1.82 bits per heavy atom. The highest BCUT2D eigenvalue weighted by Gasteiger charge is 2.50. The number of rotatable bonds is 13. The van der Waals surface area contributed by atoms with Gasteiger partial charge in [-0.3, -0.25) is 15.0 Å². The maximum atomic E-state index is 13.5. The van der Waals surface area contributed by atoms with E-state index < -0.39 is 29.1 Å². The number of nitrogens with zero attached hydrogens (tertiary/aromatic N) is 1. The lowest BCUT2D eigenvalue weighted by Gasteiger charge is -2.28. The minimum absolute atomic E-state index is 0.0254. The molecule has 0 aromatic heterocycles. The average molecular weight is 544 g/mol. The van der Waals surface area contributed by atoms with Crippen LogP contribution in [0.15, 0.2) is 53.5 Å². The predicted octanol–water partition coefficient (Wildman–Crippen LogP) is 3.48. The highest BCUT2D eigenvalue weighted by Crippen LogP contribution is 2.33. The smallest absolute Gasteiger partial charge is 0.306 e. The van der Waals surface area contributed by atoms with Crippen molar-refractivity contribution < 1.29 is 33.3 Å². The summed E-state index contributed by atoms with van der Waals surface area (Å²) < 4.78 is 30.2. The number of aliphatic imine (C=N–C) groups is 1. The van der Waals surface area contributed by atoms with Crippen molar-refractivity contribution >= 4 is 17.8 Å². The summed E-state index contributed by atoms with van der Waals surface area (Å²) in [6.07, 6.45) is 0.499. The summed E-state index contributed by atoms with van der Waals surface area (Å²) in [5.74, 6) is -0.247. The fourth-order valence-corrected chi connectivity index (χ4v) is 4.05. The minimum atomic E-state index is -1.37. The Labute approximate surface area is 228 Å². The molecule has 0 saturated carbocycles. The van der Waals surface area contributed by atoms with Gasteiger partial charge in [0.05, 0.1) is 6.61 Å². The highest BCUT2D eigenvalue weighted by atomic mass is 19.1. The molecule has 9 nitrogen and oxygen atoms in total. The van der Waals surface area contributed by atoms with E-state index >= 15 is 0 Å². The summed E-state index contributed by atoms with van der Waals surface area (Å²) in [5, 5.41) is 8.92. The van der Waals surface area contributed by atoms with Gasteiger partial charge in [0.25, 0.3) is 5.91 Å². The van der Waals surface area contributed by atoms with E-state index in [-0.39, 0.29) is 31.2 Å². The Morgan fingerprint density at radius 1 is 1.13 bits per heavy atom. The van der Waals surface area contributed by atoms with Crippen LogP contribution in [0.3, 0.4) is 0 Å². The monoisotopic (exact) mass is 543 g/mol. The normalized spacial score (nSPS) is 18.7.